The van der Waals surface area contributed by atoms with Crippen LogP contribution in [0, 0.1) is 10.8 Å². The number of rotatable bonds is 10. The Balaban J connectivity index is -0.0000000833. The maximum Gasteiger partial charge on any atom is 1.00 e. The van der Waals surface area contributed by atoms with Gasteiger partial charge in [-0.15, -0.1) is 0 Å². The van der Waals surface area contributed by atoms with Crippen molar-refractivity contribution in [3.8, 4) is 0 Å². The smallest absolute Gasteiger partial charge is 0.743 e. The summed E-state index contributed by atoms with van der Waals surface area (Å²) in [5.41, 5.74) is -0.429. The molecule has 0 aromatic heterocycles. The zero-order valence-electron chi connectivity index (χ0n) is 26.2. The number of halogens is 5. The molecule has 0 saturated heterocycles. The normalized spacial score (nSPS) is 11.8. The summed E-state index contributed by atoms with van der Waals surface area (Å²) in [6, 6.07) is 0. The fraction of sp³-hybridized carbons (Fsp3) is 0.913. The van der Waals surface area contributed by atoms with Gasteiger partial charge in [-0.3, -0.25) is 9.59 Å². The quantitative estimate of drug-likeness (QED) is 0.0904. The summed E-state index contributed by atoms with van der Waals surface area (Å²) in [7, 11) is -11.5. The van der Waals surface area contributed by atoms with E-state index >= 15 is 0 Å². The van der Waals surface area contributed by atoms with Crippen molar-refractivity contribution in [3.05, 3.63) is 0 Å². The van der Waals surface area contributed by atoms with Gasteiger partial charge in [0.25, 0.3) is 0 Å². The Labute approximate surface area is 304 Å². The molecule has 0 fully saturated rings. The van der Waals surface area contributed by atoms with Crippen LogP contribution in [-0.2, 0) is 34.6 Å². The molecule has 0 aromatic carbocycles. The van der Waals surface area contributed by atoms with Gasteiger partial charge in [0.15, 0.2) is 26.8 Å². The van der Waals surface area contributed by atoms with Gasteiger partial charge in [-0.2, -0.15) is 17.6 Å². The van der Waals surface area contributed by atoms with Gasteiger partial charge in [-0.1, -0.05) is 69.7 Å². The van der Waals surface area contributed by atoms with E-state index in [4.69, 9.17) is 16.7 Å². The second kappa shape index (κ2) is 25.9. The van der Waals surface area contributed by atoms with Crippen LogP contribution in [0.4, 0.5) is 17.6 Å². The minimum absolute atomic E-state index is 0. The molecule has 0 radical (unpaired) electrons. The second-order valence-corrected chi connectivity index (χ2v) is 13.9. The number of aliphatic hydroxyl groups is 1. The van der Waals surface area contributed by atoms with Crippen LogP contribution in [0.2, 0.25) is 0 Å². The Kier molecular flexibility index (Phi) is 35.8. The second-order valence-electron chi connectivity index (χ2n) is 10.5. The minimum atomic E-state index is -5.80. The predicted octanol–water partition coefficient (Wildman–Crippen LogP) is -1.60. The summed E-state index contributed by atoms with van der Waals surface area (Å²) in [6.07, 6.45) is 0.302. The van der Waals surface area contributed by atoms with Gasteiger partial charge in [-0.05, 0) is 42.1 Å². The standard InChI is InChI=1S/C8H14F2O5S.C6H11ClO.C6H15N.C2H4F2O4S.CH4.2Na/c1-7(2,3)4-6(11)15-5-8(9,10)16(12,13)14;1-6(2,3)4-5(7)8;1-4-7(5-2)6-3;3-2(4,1-5)9(6,7)8;;;/h4-5H2,1-3H3,(H,12,13,14);4H2,1-3H3;4-6H2,1-3H3;5H,1H2,(H,6,7,8);1H4;;/q;;;;;2*+1/p-2. The van der Waals surface area contributed by atoms with Crippen LogP contribution >= 0.6 is 11.6 Å². The topological polar surface area (TPSA) is 181 Å². The summed E-state index contributed by atoms with van der Waals surface area (Å²) < 4.78 is 111. The van der Waals surface area contributed by atoms with E-state index in [0.717, 1.165) is 0 Å². The molecule has 0 bridgehead atoms. The van der Waals surface area contributed by atoms with Gasteiger partial charge < -0.3 is 23.8 Å². The Morgan fingerprint density at radius 2 is 1.07 bits per heavy atom. The Hall–Kier alpha value is 0.890. The molecule has 0 aliphatic rings. The molecule has 252 valence electrons. The molecule has 43 heavy (non-hydrogen) atoms. The number of carbonyl (C=O) groups is 2. The molecule has 20 heteroatoms. The number of alkyl halides is 4. The molecule has 0 aromatic rings. The molecule has 0 heterocycles. The van der Waals surface area contributed by atoms with Gasteiger partial charge in [0.1, 0.15) is 6.61 Å². The molecular formula is C23H46ClF4NNa2O10S2. The molecule has 0 aliphatic heterocycles. The Bertz CT molecular complexity index is 953. The van der Waals surface area contributed by atoms with E-state index < -0.39 is 55.3 Å². The zero-order valence-corrected chi connectivity index (χ0v) is 32.6. The average Bonchev–Trinajstić information content (AvgIpc) is 2.70. The molecule has 0 amide bonds. The number of hydrogen-bond donors (Lipinski definition) is 1. The largest absolute Gasteiger partial charge is 1.00 e. The summed E-state index contributed by atoms with van der Waals surface area (Å²) >= 11 is 5.12. The van der Waals surface area contributed by atoms with E-state index in [0.29, 0.717) is 6.42 Å². The molecule has 11 nitrogen and oxygen atoms in total. The number of ether oxygens (including phenoxy) is 1. The zero-order chi connectivity index (χ0) is 33.4. The summed E-state index contributed by atoms with van der Waals surface area (Å²) in [4.78, 5) is 23.6. The van der Waals surface area contributed by atoms with E-state index in [1.807, 2.05) is 20.8 Å². The van der Waals surface area contributed by atoms with Crippen LogP contribution in [0.5, 0.6) is 0 Å². The Morgan fingerprint density at radius 3 is 1.19 bits per heavy atom. The molecule has 0 saturated carbocycles. The van der Waals surface area contributed by atoms with Crippen molar-refractivity contribution >= 4 is 43.0 Å². The molecule has 0 rings (SSSR count). The molecule has 1 N–H and O–H groups in total. The first kappa shape index (κ1) is 59.3. The third-order valence-electron chi connectivity index (χ3n) is 4.00. The average molecular weight is 718 g/mol. The third-order valence-corrected chi connectivity index (χ3v) is 5.85. The van der Waals surface area contributed by atoms with Crippen LogP contribution in [0.15, 0.2) is 0 Å². The van der Waals surface area contributed by atoms with Crippen LogP contribution in [0.3, 0.4) is 0 Å². The van der Waals surface area contributed by atoms with E-state index in [1.54, 1.807) is 20.8 Å². The van der Waals surface area contributed by atoms with Crippen molar-refractivity contribution in [2.75, 3.05) is 32.8 Å². The number of esters is 1. The van der Waals surface area contributed by atoms with Crippen LogP contribution in [0.25, 0.3) is 0 Å². The van der Waals surface area contributed by atoms with E-state index in [9.17, 15) is 53.1 Å². The van der Waals surface area contributed by atoms with Crippen LogP contribution in [0.1, 0.15) is 82.6 Å². The van der Waals surface area contributed by atoms with E-state index in [1.165, 1.54) is 19.6 Å². The fourth-order valence-electron chi connectivity index (χ4n) is 1.89. The molecular weight excluding hydrogens is 672 g/mol. The maximum atomic E-state index is 12.5. The summed E-state index contributed by atoms with van der Waals surface area (Å²) in [5, 5.41) is -1.78. The third kappa shape index (κ3) is 37.2. The van der Waals surface area contributed by atoms with Crippen molar-refractivity contribution in [3.63, 3.8) is 0 Å². The fourth-order valence-corrected chi connectivity index (χ4v) is 2.65. The summed E-state index contributed by atoms with van der Waals surface area (Å²) in [5.74, 6) is -0.976. The first-order valence-electron chi connectivity index (χ1n) is 11.8. The molecule has 0 spiro atoms. The number of hydrogen-bond acceptors (Lipinski definition) is 11. The molecule has 0 atom stereocenters. The maximum absolute atomic E-state index is 12.5. The number of aliphatic hydroxyl groups excluding tert-OH is 1. The van der Waals surface area contributed by atoms with Crippen LogP contribution < -0.4 is 59.1 Å². The first-order chi connectivity index (χ1) is 17.4. The number of carbonyl (C=O) groups excluding carboxylic acids is 2. The first-order valence-corrected chi connectivity index (χ1v) is 15.0. The monoisotopic (exact) mass is 717 g/mol. The Morgan fingerprint density at radius 1 is 0.767 bits per heavy atom. The molecule has 0 unspecified atom stereocenters. The van der Waals surface area contributed by atoms with Crippen molar-refractivity contribution in [1.29, 1.82) is 0 Å². The van der Waals surface area contributed by atoms with Crippen LogP contribution in [-0.4, -0.2) is 90.5 Å². The van der Waals surface area contributed by atoms with Gasteiger partial charge in [-0.25, -0.2) is 16.8 Å². The molecule has 0 aliphatic carbocycles. The van der Waals surface area contributed by atoms with Gasteiger partial charge >= 0.3 is 75.6 Å². The van der Waals surface area contributed by atoms with Crippen molar-refractivity contribution in [2.24, 2.45) is 10.8 Å². The predicted molar refractivity (Wildman–Crippen MR) is 147 cm³/mol. The van der Waals surface area contributed by atoms with Crippen molar-refractivity contribution < 1.29 is 122 Å². The SMILES string of the molecule is C.CC(C)(C)CC(=O)Cl.CC(C)(C)CC(=O)OCC(F)(F)S(=O)(=O)[O-].CCN(CC)CC.O=S(=O)([O-])C(F)(F)CO.[Na+].[Na+]. The van der Waals surface area contributed by atoms with E-state index in [-0.39, 0.29) is 83.6 Å². The number of nitrogens with zero attached hydrogens (tertiary/aromatic N) is 1. The van der Waals surface area contributed by atoms with Crippen molar-refractivity contribution in [2.45, 2.75) is 93.1 Å². The van der Waals surface area contributed by atoms with Gasteiger partial charge in [0.2, 0.25) is 5.24 Å². The van der Waals surface area contributed by atoms with Gasteiger partial charge in [0.05, 0.1) is 6.42 Å². The minimum Gasteiger partial charge on any atom is -0.743 e. The van der Waals surface area contributed by atoms with Crippen molar-refractivity contribution in [1.82, 2.24) is 4.90 Å². The van der Waals surface area contributed by atoms with Gasteiger partial charge in [0, 0.05) is 6.42 Å². The summed E-state index contributed by atoms with van der Waals surface area (Å²) in [6.45, 7) is 17.4. The van der Waals surface area contributed by atoms with E-state index in [2.05, 4.69) is 30.4 Å².